The summed E-state index contributed by atoms with van der Waals surface area (Å²) in [5, 5.41) is 9.79. The van der Waals surface area contributed by atoms with Crippen LogP contribution in [0.1, 0.15) is 18.1 Å². The standard InChI is InChI=1S/C16H15NO3/c1-11(13-4-2-3-5-14(13)18)17-9-12-6-7-15-16(8-12)20-10-19-15/h2-8,18H,9-10H2,1H3. The molecule has 4 heteroatoms. The Balaban J connectivity index is 1.78. The monoisotopic (exact) mass is 269 g/mol. The lowest BCUT2D eigenvalue weighted by molar-refractivity contribution is 0.174. The van der Waals surface area contributed by atoms with Crippen molar-refractivity contribution in [3.63, 3.8) is 0 Å². The van der Waals surface area contributed by atoms with Gasteiger partial charge in [0.15, 0.2) is 11.5 Å². The minimum Gasteiger partial charge on any atom is -0.507 e. The van der Waals surface area contributed by atoms with Crippen LogP contribution >= 0.6 is 0 Å². The largest absolute Gasteiger partial charge is 0.507 e. The molecule has 3 rings (SSSR count). The summed E-state index contributed by atoms with van der Waals surface area (Å²) in [7, 11) is 0. The number of phenols is 1. The predicted molar refractivity (Wildman–Crippen MR) is 76.6 cm³/mol. The molecule has 1 aliphatic rings. The van der Waals surface area contributed by atoms with Crippen molar-refractivity contribution in [2.45, 2.75) is 13.5 Å². The van der Waals surface area contributed by atoms with E-state index < -0.39 is 0 Å². The number of ether oxygens (including phenoxy) is 2. The summed E-state index contributed by atoms with van der Waals surface area (Å²) >= 11 is 0. The zero-order valence-electron chi connectivity index (χ0n) is 11.2. The van der Waals surface area contributed by atoms with Crippen molar-refractivity contribution < 1.29 is 14.6 Å². The van der Waals surface area contributed by atoms with E-state index in [1.165, 1.54) is 0 Å². The molecule has 0 radical (unpaired) electrons. The number of nitrogens with zero attached hydrogens (tertiary/aromatic N) is 1. The molecule has 1 aliphatic heterocycles. The molecule has 2 aromatic rings. The van der Waals surface area contributed by atoms with Crippen molar-refractivity contribution in [1.29, 1.82) is 0 Å². The average molecular weight is 269 g/mol. The van der Waals surface area contributed by atoms with Gasteiger partial charge in [-0.1, -0.05) is 18.2 Å². The van der Waals surface area contributed by atoms with E-state index in [-0.39, 0.29) is 12.5 Å². The molecule has 0 saturated carbocycles. The minimum atomic E-state index is 0.249. The predicted octanol–water partition coefficient (Wildman–Crippen LogP) is 3.13. The number of phenolic OH excluding ortho intramolecular Hbond substituents is 1. The van der Waals surface area contributed by atoms with Crippen LogP contribution in [0.25, 0.3) is 0 Å². The molecule has 0 saturated heterocycles. The normalized spacial score (nSPS) is 13.6. The molecule has 1 N–H and O–H groups in total. The Bertz CT molecular complexity index is 665. The van der Waals surface area contributed by atoms with Crippen LogP contribution in [0, 0.1) is 0 Å². The molecule has 0 spiro atoms. The second-order valence-electron chi connectivity index (χ2n) is 4.61. The van der Waals surface area contributed by atoms with Gasteiger partial charge in [-0.2, -0.15) is 0 Å². The van der Waals surface area contributed by atoms with Gasteiger partial charge in [-0.25, -0.2) is 0 Å². The summed E-state index contributed by atoms with van der Waals surface area (Å²) in [5.74, 6) is 1.78. The molecular formula is C16H15NO3. The van der Waals surface area contributed by atoms with Crippen molar-refractivity contribution in [2.24, 2.45) is 4.99 Å². The van der Waals surface area contributed by atoms with E-state index in [2.05, 4.69) is 4.99 Å². The highest BCUT2D eigenvalue weighted by Gasteiger charge is 2.12. The zero-order chi connectivity index (χ0) is 13.9. The molecule has 20 heavy (non-hydrogen) atoms. The Morgan fingerprint density at radius 2 is 1.95 bits per heavy atom. The SMILES string of the molecule is CC(=NCc1ccc2c(c1)OCO2)c1ccccc1O. The fourth-order valence-electron chi connectivity index (χ4n) is 2.11. The molecule has 0 atom stereocenters. The summed E-state index contributed by atoms with van der Waals surface area (Å²) in [6.07, 6.45) is 0. The van der Waals surface area contributed by atoms with Crippen LogP contribution < -0.4 is 9.47 Å². The number of aromatic hydroxyl groups is 1. The van der Waals surface area contributed by atoms with Crippen LogP contribution in [0.5, 0.6) is 17.2 Å². The first-order valence-electron chi connectivity index (χ1n) is 6.42. The Labute approximate surface area is 117 Å². The molecule has 2 aromatic carbocycles. The summed E-state index contributed by atoms with van der Waals surface area (Å²) in [5.41, 5.74) is 2.61. The number of benzene rings is 2. The topological polar surface area (TPSA) is 51.0 Å². The second kappa shape index (κ2) is 5.25. The maximum absolute atomic E-state index is 9.79. The number of para-hydroxylation sites is 1. The van der Waals surface area contributed by atoms with Gasteiger partial charge in [-0.15, -0.1) is 0 Å². The van der Waals surface area contributed by atoms with Crippen molar-refractivity contribution in [3.05, 3.63) is 53.6 Å². The van der Waals surface area contributed by atoms with Gasteiger partial charge in [-0.05, 0) is 36.8 Å². The van der Waals surface area contributed by atoms with Gasteiger partial charge in [0, 0.05) is 11.3 Å². The zero-order valence-corrected chi connectivity index (χ0v) is 11.2. The van der Waals surface area contributed by atoms with Crippen LogP contribution in [0.2, 0.25) is 0 Å². The van der Waals surface area contributed by atoms with E-state index in [4.69, 9.17) is 9.47 Å². The van der Waals surface area contributed by atoms with Gasteiger partial charge < -0.3 is 14.6 Å². The molecule has 102 valence electrons. The maximum atomic E-state index is 9.79. The lowest BCUT2D eigenvalue weighted by Crippen LogP contribution is -1.96. The lowest BCUT2D eigenvalue weighted by Gasteiger charge is -2.04. The molecule has 4 nitrogen and oxygen atoms in total. The highest BCUT2D eigenvalue weighted by Crippen LogP contribution is 2.32. The second-order valence-corrected chi connectivity index (χ2v) is 4.61. The van der Waals surface area contributed by atoms with E-state index in [1.54, 1.807) is 12.1 Å². The molecule has 1 heterocycles. The average Bonchev–Trinajstić information content (AvgIpc) is 2.92. The van der Waals surface area contributed by atoms with E-state index in [0.717, 1.165) is 28.3 Å². The van der Waals surface area contributed by atoms with Crippen molar-refractivity contribution >= 4 is 5.71 Å². The summed E-state index contributed by atoms with van der Waals surface area (Å²) in [6.45, 7) is 2.71. The van der Waals surface area contributed by atoms with Crippen molar-refractivity contribution in [3.8, 4) is 17.2 Å². The number of hydrogen-bond acceptors (Lipinski definition) is 4. The molecule has 0 unspecified atom stereocenters. The molecule has 0 aliphatic carbocycles. The van der Waals surface area contributed by atoms with Gasteiger partial charge in [0.25, 0.3) is 0 Å². The Hall–Kier alpha value is -2.49. The maximum Gasteiger partial charge on any atom is 0.231 e. The minimum absolute atomic E-state index is 0.249. The summed E-state index contributed by atoms with van der Waals surface area (Å²) in [4.78, 5) is 4.51. The summed E-state index contributed by atoms with van der Waals surface area (Å²) < 4.78 is 10.6. The molecule has 0 aromatic heterocycles. The molecule has 0 amide bonds. The Morgan fingerprint density at radius 1 is 1.15 bits per heavy atom. The molecular weight excluding hydrogens is 254 g/mol. The van der Waals surface area contributed by atoms with Crippen LogP contribution in [0.3, 0.4) is 0 Å². The first-order valence-corrected chi connectivity index (χ1v) is 6.42. The number of hydrogen-bond donors (Lipinski definition) is 1. The van der Waals surface area contributed by atoms with Gasteiger partial charge in [0.2, 0.25) is 6.79 Å². The van der Waals surface area contributed by atoms with Gasteiger partial charge in [0.1, 0.15) is 5.75 Å². The van der Waals surface area contributed by atoms with E-state index in [0.29, 0.717) is 6.54 Å². The van der Waals surface area contributed by atoms with E-state index in [1.807, 2.05) is 37.3 Å². The fourth-order valence-corrected chi connectivity index (χ4v) is 2.11. The third-order valence-corrected chi connectivity index (χ3v) is 3.23. The summed E-state index contributed by atoms with van der Waals surface area (Å²) in [6, 6.07) is 13.0. The van der Waals surface area contributed by atoms with E-state index in [9.17, 15) is 5.11 Å². The first kappa shape index (κ1) is 12.5. The van der Waals surface area contributed by atoms with Crippen LogP contribution in [0.15, 0.2) is 47.5 Å². The van der Waals surface area contributed by atoms with Crippen LogP contribution in [-0.4, -0.2) is 17.6 Å². The Morgan fingerprint density at radius 3 is 2.80 bits per heavy atom. The van der Waals surface area contributed by atoms with E-state index >= 15 is 0 Å². The highest BCUT2D eigenvalue weighted by molar-refractivity contribution is 6.00. The quantitative estimate of drug-likeness (QED) is 0.871. The fraction of sp³-hybridized carbons (Fsp3) is 0.188. The van der Waals surface area contributed by atoms with Crippen molar-refractivity contribution in [2.75, 3.05) is 6.79 Å². The number of fused-ring (bicyclic) bond motifs is 1. The third-order valence-electron chi connectivity index (χ3n) is 3.23. The van der Waals surface area contributed by atoms with Crippen LogP contribution in [0.4, 0.5) is 0 Å². The smallest absolute Gasteiger partial charge is 0.231 e. The van der Waals surface area contributed by atoms with Gasteiger partial charge in [0.05, 0.1) is 6.54 Å². The number of rotatable bonds is 3. The molecule has 0 bridgehead atoms. The first-order chi connectivity index (χ1) is 9.74. The van der Waals surface area contributed by atoms with Crippen molar-refractivity contribution in [1.82, 2.24) is 0 Å². The number of aliphatic imine (C=N–C) groups is 1. The lowest BCUT2D eigenvalue weighted by atomic mass is 10.1. The van der Waals surface area contributed by atoms with Gasteiger partial charge >= 0.3 is 0 Å². The molecule has 0 fully saturated rings. The van der Waals surface area contributed by atoms with Gasteiger partial charge in [-0.3, -0.25) is 4.99 Å². The highest BCUT2D eigenvalue weighted by atomic mass is 16.7. The Kier molecular flexibility index (Phi) is 3.29. The van der Waals surface area contributed by atoms with Crippen LogP contribution in [-0.2, 0) is 6.54 Å². The third kappa shape index (κ3) is 2.45.